The Morgan fingerprint density at radius 1 is 1.44 bits per heavy atom. The molecule has 0 fully saturated rings. The van der Waals surface area contributed by atoms with Gasteiger partial charge in [-0.05, 0) is 20.8 Å². The molecule has 0 saturated carbocycles. The average Bonchev–Trinajstić information content (AvgIpc) is 2.49. The molecule has 0 radical (unpaired) electrons. The van der Waals surface area contributed by atoms with Gasteiger partial charge >= 0.3 is 6.03 Å². The van der Waals surface area contributed by atoms with E-state index >= 15 is 0 Å². The van der Waals surface area contributed by atoms with Crippen molar-refractivity contribution in [2.45, 2.75) is 33.4 Å². The number of primary amides is 1. The van der Waals surface area contributed by atoms with Crippen molar-refractivity contribution >= 4 is 11.9 Å². The van der Waals surface area contributed by atoms with E-state index in [1.54, 1.807) is 11.6 Å². The maximum Gasteiger partial charge on any atom is 0.318 e. The third-order valence-electron chi connectivity index (χ3n) is 2.88. The normalized spacial score (nSPS) is 12.2. The third kappa shape index (κ3) is 3.30. The molecule has 0 aromatic carbocycles. The van der Waals surface area contributed by atoms with Gasteiger partial charge in [-0.2, -0.15) is 5.10 Å². The Labute approximate surface area is 106 Å². The number of carbonyl (C=O) groups excluding carboxylic acids is 2. The Bertz CT molecular complexity index is 466. The molecular formula is C11H19N5O2. The van der Waals surface area contributed by atoms with Crippen LogP contribution in [0.3, 0.4) is 0 Å². The van der Waals surface area contributed by atoms with Gasteiger partial charge in [0, 0.05) is 24.8 Å². The fourth-order valence-corrected chi connectivity index (χ4v) is 1.65. The molecule has 1 unspecified atom stereocenters. The van der Waals surface area contributed by atoms with Gasteiger partial charge in [-0.1, -0.05) is 0 Å². The van der Waals surface area contributed by atoms with Gasteiger partial charge < -0.3 is 11.1 Å². The molecule has 0 aliphatic rings. The van der Waals surface area contributed by atoms with Crippen molar-refractivity contribution in [3.05, 3.63) is 17.0 Å². The summed E-state index contributed by atoms with van der Waals surface area (Å²) in [6.45, 7) is 6.06. The minimum Gasteiger partial charge on any atom is -0.351 e. The quantitative estimate of drug-likeness (QED) is 0.686. The zero-order chi connectivity index (χ0) is 13.9. The first-order chi connectivity index (χ1) is 8.32. The molecule has 4 N–H and O–H groups in total. The number of aryl methyl sites for hydroxylation is 2. The Hall–Kier alpha value is -1.89. The summed E-state index contributed by atoms with van der Waals surface area (Å²) in [6.07, 6.45) is 0. The second-order valence-electron chi connectivity index (χ2n) is 4.23. The number of imide groups is 1. The van der Waals surface area contributed by atoms with Crippen LogP contribution in [0.5, 0.6) is 0 Å². The first-order valence-electron chi connectivity index (χ1n) is 5.65. The summed E-state index contributed by atoms with van der Waals surface area (Å²) in [5, 5.41) is 9.34. The van der Waals surface area contributed by atoms with Crippen LogP contribution in [-0.4, -0.2) is 27.8 Å². The summed E-state index contributed by atoms with van der Waals surface area (Å²) in [7, 11) is 1.87. The van der Waals surface area contributed by atoms with E-state index in [2.05, 4.69) is 10.4 Å². The fourth-order valence-electron chi connectivity index (χ4n) is 1.65. The fraction of sp³-hybridized carbons (Fsp3) is 0.545. The molecule has 1 aromatic heterocycles. The lowest BCUT2D eigenvalue weighted by Gasteiger charge is -2.12. The molecule has 0 aliphatic carbocycles. The highest BCUT2D eigenvalue weighted by Gasteiger charge is 2.16. The second-order valence-corrected chi connectivity index (χ2v) is 4.23. The SMILES string of the molecule is Cc1nn(C)c(C)c1CNC(C)C(=O)NC(N)=O. The summed E-state index contributed by atoms with van der Waals surface area (Å²) in [6, 6.07) is -1.35. The van der Waals surface area contributed by atoms with Crippen molar-refractivity contribution in [3.63, 3.8) is 0 Å². The van der Waals surface area contributed by atoms with Crippen LogP contribution in [0.1, 0.15) is 23.9 Å². The van der Waals surface area contributed by atoms with E-state index in [4.69, 9.17) is 5.73 Å². The Kier molecular flexibility index (Phi) is 4.43. The van der Waals surface area contributed by atoms with Gasteiger partial charge in [-0.15, -0.1) is 0 Å². The summed E-state index contributed by atoms with van der Waals surface area (Å²) in [5.41, 5.74) is 7.90. The van der Waals surface area contributed by atoms with Crippen LogP contribution in [0.4, 0.5) is 4.79 Å². The highest BCUT2D eigenvalue weighted by atomic mass is 16.2. The minimum absolute atomic E-state index is 0.443. The number of rotatable bonds is 4. The summed E-state index contributed by atoms with van der Waals surface area (Å²) < 4.78 is 1.79. The molecule has 1 rings (SSSR count). The molecule has 0 bridgehead atoms. The highest BCUT2D eigenvalue weighted by molar-refractivity contribution is 5.96. The van der Waals surface area contributed by atoms with Crippen LogP contribution in [-0.2, 0) is 18.4 Å². The number of urea groups is 1. The van der Waals surface area contributed by atoms with E-state index in [0.717, 1.165) is 17.0 Å². The van der Waals surface area contributed by atoms with Crippen LogP contribution >= 0.6 is 0 Å². The standard InChI is InChI=1S/C11H19N5O2/c1-6-9(8(3)16(4)15-6)5-13-7(2)10(17)14-11(12)18/h7,13H,5H2,1-4H3,(H3,12,14,17,18). The number of amides is 3. The zero-order valence-electron chi connectivity index (χ0n) is 11.1. The van der Waals surface area contributed by atoms with E-state index in [1.165, 1.54) is 0 Å². The second kappa shape index (κ2) is 5.63. The molecule has 0 saturated heterocycles. The van der Waals surface area contributed by atoms with Crippen LogP contribution in [0, 0.1) is 13.8 Å². The van der Waals surface area contributed by atoms with Gasteiger partial charge in [0.25, 0.3) is 0 Å². The predicted molar refractivity (Wildman–Crippen MR) is 66.7 cm³/mol. The molecule has 3 amide bonds. The largest absolute Gasteiger partial charge is 0.351 e. The van der Waals surface area contributed by atoms with Crippen molar-refractivity contribution in [1.29, 1.82) is 0 Å². The number of hydrogen-bond acceptors (Lipinski definition) is 4. The molecule has 1 atom stereocenters. The number of aromatic nitrogens is 2. The lowest BCUT2D eigenvalue weighted by molar-refractivity contribution is -0.121. The topological polar surface area (TPSA) is 102 Å². The lowest BCUT2D eigenvalue weighted by Crippen LogP contribution is -2.46. The van der Waals surface area contributed by atoms with Gasteiger partial charge in [-0.25, -0.2) is 4.79 Å². The molecular weight excluding hydrogens is 234 g/mol. The zero-order valence-corrected chi connectivity index (χ0v) is 11.1. The molecule has 100 valence electrons. The maximum absolute atomic E-state index is 11.5. The van der Waals surface area contributed by atoms with Gasteiger partial charge in [0.15, 0.2) is 0 Å². The number of hydrogen-bond donors (Lipinski definition) is 3. The lowest BCUT2D eigenvalue weighted by atomic mass is 10.2. The van der Waals surface area contributed by atoms with E-state index in [-0.39, 0.29) is 0 Å². The molecule has 1 heterocycles. The van der Waals surface area contributed by atoms with Crippen molar-refractivity contribution in [3.8, 4) is 0 Å². The predicted octanol–water partition coefficient (Wildman–Crippen LogP) is -0.290. The van der Waals surface area contributed by atoms with Gasteiger partial charge in [0.2, 0.25) is 5.91 Å². The van der Waals surface area contributed by atoms with E-state index in [9.17, 15) is 9.59 Å². The first-order valence-corrected chi connectivity index (χ1v) is 5.65. The Balaban J connectivity index is 2.60. The molecule has 0 spiro atoms. The smallest absolute Gasteiger partial charge is 0.318 e. The van der Waals surface area contributed by atoms with E-state index in [1.807, 2.05) is 26.2 Å². The summed E-state index contributed by atoms with van der Waals surface area (Å²) in [5.74, 6) is -0.443. The van der Waals surface area contributed by atoms with E-state index < -0.39 is 18.0 Å². The molecule has 0 aliphatic heterocycles. The van der Waals surface area contributed by atoms with Crippen molar-refractivity contribution in [1.82, 2.24) is 20.4 Å². The van der Waals surface area contributed by atoms with Crippen molar-refractivity contribution < 1.29 is 9.59 Å². The minimum atomic E-state index is -0.845. The Morgan fingerprint density at radius 3 is 2.50 bits per heavy atom. The monoisotopic (exact) mass is 253 g/mol. The van der Waals surface area contributed by atoms with Crippen molar-refractivity contribution in [2.75, 3.05) is 0 Å². The number of nitrogens with one attached hydrogen (secondary N) is 2. The van der Waals surface area contributed by atoms with Crippen molar-refractivity contribution in [2.24, 2.45) is 12.8 Å². The van der Waals surface area contributed by atoms with E-state index in [0.29, 0.717) is 6.54 Å². The van der Waals surface area contributed by atoms with Crippen LogP contribution < -0.4 is 16.4 Å². The van der Waals surface area contributed by atoms with Crippen LogP contribution in [0.25, 0.3) is 0 Å². The highest BCUT2D eigenvalue weighted by Crippen LogP contribution is 2.11. The third-order valence-corrected chi connectivity index (χ3v) is 2.88. The summed E-state index contributed by atoms with van der Waals surface area (Å²) in [4.78, 5) is 22.0. The molecule has 7 heteroatoms. The average molecular weight is 253 g/mol. The van der Waals surface area contributed by atoms with Gasteiger partial charge in [0.05, 0.1) is 11.7 Å². The molecule has 1 aromatic rings. The maximum atomic E-state index is 11.5. The Morgan fingerprint density at radius 2 is 2.06 bits per heavy atom. The molecule has 7 nitrogen and oxygen atoms in total. The number of carbonyl (C=O) groups is 2. The number of nitrogens with two attached hydrogens (primary N) is 1. The summed E-state index contributed by atoms with van der Waals surface area (Å²) >= 11 is 0. The first kappa shape index (κ1) is 14.2. The molecule has 18 heavy (non-hydrogen) atoms. The van der Waals surface area contributed by atoms with Gasteiger partial charge in [-0.3, -0.25) is 14.8 Å². The van der Waals surface area contributed by atoms with Gasteiger partial charge in [0.1, 0.15) is 0 Å². The van der Waals surface area contributed by atoms with Crippen LogP contribution in [0.15, 0.2) is 0 Å². The van der Waals surface area contributed by atoms with Crippen LogP contribution in [0.2, 0.25) is 0 Å². The number of nitrogens with zero attached hydrogens (tertiary/aromatic N) is 2.